The lowest BCUT2D eigenvalue weighted by Gasteiger charge is -2.08. The molecule has 0 fully saturated rings. The Balaban J connectivity index is 1.55. The van der Waals surface area contributed by atoms with E-state index in [2.05, 4.69) is 10.6 Å². The number of rotatable bonds is 6. The predicted octanol–water partition coefficient (Wildman–Crippen LogP) is 4.42. The molecule has 4 heteroatoms. The van der Waals surface area contributed by atoms with E-state index in [0.717, 1.165) is 34.5 Å². The van der Waals surface area contributed by atoms with Crippen molar-refractivity contribution in [1.29, 1.82) is 0 Å². The van der Waals surface area contributed by atoms with Crippen molar-refractivity contribution in [3.63, 3.8) is 0 Å². The van der Waals surface area contributed by atoms with Crippen molar-refractivity contribution in [2.45, 2.75) is 19.8 Å². The largest absolute Gasteiger partial charge is 0.326 e. The second kappa shape index (κ2) is 8.81. The molecule has 0 radical (unpaired) electrons. The second-order valence-electron chi connectivity index (χ2n) is 6.46. The summed E-state index contributed by atoms with van der Waals surface area (Å²) in [5.74, 6) is -0.102. The number of hydrogen-bond acceptors (Lipinski definition) is 2. The summed E-state index contributed by atoms with van der Waals surface area (Å²) in [7, 11) is 0. The van der Waals surface area contributed by atoms with Crippen LogP contribution in [0.2, 0.25) is 0 Å². The van der Waals surface area contributed by atoms with Gasteiger partial charge in [0.2, 0.25) is 11.8 Å². The highest BCUT2D eigenvalue weighted by molar-refractivity contribution is 5.92. The molecule has 0 saturated carbocycles. The number of hydrogen-bond donors (Lipinski definition) is 2. The fourth-order valence-electron chi connectivity index (χ4n) is 2.84. The molecule has 0 saturated heterocycles. The SMILES string of the molecule is CC(=O)Nc1ccc(Cc2ccc(NC(=O)Cc3ccccc3)cc2)cc1. The van der Waals surface area contributed by atoms with Crippen LogP contribution in [0.15, 0.2) is 78.9 Å². The molecule has 0 aliphatic carbocycles. The van der Waals surface area contributed by atoms with Gasteiger partial charge in [0.25, 0.3) is 0 Å². The zero-order valence-corrected chi connectivity index (χ0v) is 15.2. The van der Waals surface area contributed by atoms with Crippen molar-refractivity contribution in [2.75, 3.05) is 10.6 Å². The number of benzene rings is 3. The van der Waals surface area contributed by atoms with E-state index < -0.39 is 0 Å². The Hall–Kier alpha value is -3.40. The molecule has 0 aliphatic rings. The minimum Gasteiger partial charge on any atom is -0.326 e. The van der Waals surface area contributed by atoms with E-state index >= 15 is 0 Å². The molecule has 4 nitrogen and oxygen atoms in total. The first-order valence-corrected chi connectivity index (χ1v) is 8.88. The van der Waals surface area contributed by atoms with E-state index in [4.69, 9.17) is 0 Å². The fourth-order valence-corrected chi connectivity index (χ4v) is 2.84. The van der Waals surface area contributed by atoms with Gasteiger partial charge in [-0.2, -0.15) is 0 Å². The van der Waals surface area contributed by atoms with Gasteiger partial charge in [0.05, 0.1) is 6.42 Å². The van der Waals surface area contributed by atoms with E-state index in [-0.39, 0.29) is 11.8 Å². The first kappa shape index (κ1) is 18.4. The Morgan fingerprint density at radius 3 is 1.70 bits per heavy atom. The van der Waals surface area contributed by atoms with Gasteiger partial charge >= 0.3 is 0 Å². The van der Waals surface area contributed by atoms with Crippen molar-refractivity contribution in [3.05, 3.63) is 95.6 Å². The van der Waals surface area contributed by atoms with Gasteiger partial charge < -0.3 is 10.6 Å². The Kier molecular flexibility index (Phi) is 6.00. The number of carbonyl (C=O) groups is 2. The summed E-state index contributed by atoms with van der Waals surface area (Å²) < 4.78 is 0. The molecular weight excluding hydrogens is 336 g/mol. The highest BCUT2D eigenvalue weighted by Crippen LogP contribution is 2.16. The molecule has 0 bridgehead atoms. The van der Waals surface area contributed by atoms with Crippen LogP contribution in [0.1, 0.15) is 23.6 Å². The lowest BCUT2D eigenvalue weighted by molar-refractivity contribution is -0.116. The molecule has 3 aromatic carbocycles. The molecule has 0 aliphatic heterocycles. The van der Waals surface area contributed by atoms with Gasteiger partial charge in [-0.25, -0.2) is 0 Å². The first-order valence-electron chi connectivity index (χ1n) is 8.88. The van der Waals surface area contributed by atoms with Crippen LogP contribution in [0.5, 0.6) is 0 Å². The zero-order chi connectivity index (χ0) is 19.1. The lowest BCUT2D eigenvalue weighted by atomic mass is 10.0. The molecule has 0 heterocycles. The monoisotopic (exact) mass is 358 g/mol. The van der Waals surface area contributed by atoms with Crippen LogP contribution in [-0.4, -0.2) is 11.8 Å². The van der Waals surface area contributed by atoms with Crippen molar-refractivity contribution in [3.8, 4) is 0 Å². The second-order valence-corrected chi connectivity index (χ2v) is 6.46. The average Bonchev–Trinajstić information content (AvgIpc) is 2.65. The molecule has 3 rings (SSSR count). The maximum Gasteiger partial charge on any atom is 0.228 e. The van der Waals surface area contributed by atoms with Crippen molar-refractivity contribution in [2.24, 2.45) is 0 Å². The number of anilines is 2. The van der Waals surface area contributed by atoms with E-state index in [1.165, 1.54) is 6.92 Å². The predicted molar refractivity (Wildman–Crippen MR) is 109 cm³/mol. The third-order valence-electron chi connectivity index (χ3n) is 4.13. The summed E-state index contributed by atoms with van der Waals surface area (Å²) >= 11 is 0. The Labute approximate surface area is 159 Å². The van der Waals surface area contributed by atoms with Crippen LogP contribution < -0.4 is 10.6 Å². The van der Waals surface area contributed by atoms with Crippen LogP contribution in [0.3, 0.4) is 0 Å². The summed E-state index contributed by atoms with van der Waals surface area (Å²) in [6.07, 6.45) is 1.15. The fraction of sp³-hybridized carbons (Fsp3) is 0.130. The molecule has 0 unspecified atom stereocenters. The van der Waals surface area contributed by atoms with Crippen LogP contribution in [-0.2, 0) is 22.4 Å². The molecule has 0 aromatic heterocycles. The molecule has 0 atom stereocenters. The molecule has 2 amide bonds. The number of carbonyl (C=O) groups excluding carboxylic acids is 2. The van der Waals surface area contributed by atoms with Gasteiger partial charge in [0.1, 0.15) is 0 Å². The van der Waals surface area contributed by atoms with E-state index in [0.29, 0.717) is 6.42 Å². The van der Waals surface area contributed by atoms with Crippen molar-refractivity contribution >= 4 is 23.2 Å². The Morgan fingerprint density at radius 1 is 0.667 bits per heavy atom. The maximum atomic E-state index is 12.1. The normalized spacial score (nSPS) is 10.3. The van der Waals surface area contributed by atoms with Crippen LogP contribution in [0.25, 0.3) is 0 Å². The number of nitrogens with one attached hydrogen (secondary N) is 2. The van der Waals surface area contributed by atoms with E-state index in [1.807, 2.05) is 78.9 Å². The van der Waals surface area contributed by atoms with E-state index in [9.17, 15) is 9.59 Å². The van der Waals surface area contributed by atoms with E-state index in [1.54, 1.807) is 0 Å². The molecular formula is C23H22N2O2. The minimum atomic E-state index is -0.0762. The van der Waals surface area contributed by atoms with Gasteiger partial charge in [0.15, 0.2) is 0 Å². The maximum absolute atomic E-state index is 12.1. The van der Waals surface area contributed by atoms with Gasteiger partial charge in [0, 0.05) is 18.3 Å². The molecule has 0 spiro atoms. The number of amides is 2. The summed E-state index contributed by atoms with van der Waals surface area (Å²) in [6, 6.07) is 25.4. The van der Waals surface area contributed by atoms with Gasteiger partial charge in [-0.1, -0.05) is 54.6 Å². The smallest absolute Gasteiger partial charge is 0.228 e. The third kappa shape index (κ3) is 5.82. The Morgan fingerprint density at radius 2 is 1.19 bits per heavy atom. The molecule has 27 heavy (non-hydrogen) atoms. The highest BCUT2D eigenvalue weighted by atomic mass is 16.2. The van der Waals surface area contributed by atoms with Crippen LogP contribution in [0.4, 0.5) is 11.4 Å². The molecule has 2 N–H and O–H groups in total. The van der Waals surface area contributed by atoms with Gasteiger partial charge in [-0.15, -0.1) is 0 Å². The minimum absolute atomic E-state index is 0.0255. The van der Waals surface area contributed by atoms with Crippen molar-refractivity contribution in [1.82, 2.24) is 0 Å². The average molecular weight is 358 g/mol. The highest BCUT2D eigenvalue weighted by Gasteiger charge is 2.04. The summed E-state index contributed by atoms with van der Waals surface area (Å²) in [6.45, 7) is 1.49. The molecule has 3 aromatic rings. The molecule has 136 valence electrons. The quantitative estimate of drug-likeness (QED) is 0.685. The van der Waals surface area contributed by atoms with Crippen LogP contribution >= 0.6 is 0 Å². The summed E-state index contributed by atoms with van der Waals surface area (Å²) in [5, 5.41) is 5.69. The third-order valence-corrected chi connectivity index (χ3v) is 4.13. The van der Waals surface area contributed by atoms with Crippen LogP contribution in [0, 0.1) is 0 Å². The topological polar surface area (TPSA) is 58.2 Å². The van der Waals surface area contributed by atoms with Crippen molar-refractivity contribution < 1.29 is 9.59 Å². The first-order chi connectivity index (χ1) is 13.1. The summed E-state index contributed by atoms with van der Waals surface area (Å²) in [4.78, 5) is 23.2. The van der Waals surface area contributed by atoms with Gasteiger partial charge in [-0.05, 0) is 47.4 Å². The zero-order valence-electron chi connectivity index (χ0n) is 15.2. The standard InChI is InChI=1S/C23H22N2O2/c1-17(26)24-21-11-7-19(8-12-21)15-20-9-13-22(14-10-20)25-23(27)16-18-5-3-2-4-6-18/h2-14H,15-16H2,1H3,(H,24,26)(H,25,27). The summed E-state index contributed by atoms with van der Waals surface area (Å²) in [5.41, 5.74) is 4.89. The lowest BCUT2D eigenvalue weighted by Crippen LogP contribution is -2.14. The van der Waals surface area contributed by atoms with Gasteiger partial charge in [-0.3, -0.25) is 9.59 Å². The Bertz CT molecular complexity index is 901.